The summed E-state index contributed by atoms with van der Waals surface area (Å²) in [4.78, 5) is 4.68. The number of nitrogens with zero attached hydrogens (tertiary/aromatic N) is 3. The van der Waals surface area contributed by atoms with Crippen LogP contribution in [0, 0.1) is 0 Å². The Balaban J connectivity index is 1.97. The van der Waals surface area contributed by atoms with Gasteiger partial charge in [0.1, 0.15) is 0 Å². The minimum absolute atomic E-state index is 0.0750. The van der Waals surface area contributed by atoms with Gasteiger partial charge in [-0.05, 0) is 5.56 Å². The molecule has 0 atom stereocenters. The van der Waals surface area contributed by atoms with E-state index in [2.05, 4.69) is 10.1 Å². The van der Waals surface area contributed by atoms with E-state index in [1.165, 1.54) is 4.52 Å². The van der Waals surface area contributed by atoms with Crippen LogP contribution in [0.2, 0.25) is 0 Å². The van der Waals surface area contributed by atoms with Crippen molar-refractivity contribution in [3.8, 4) is 28.3 Å². The zero-order chi connectivity index (χ0) is 14.9. The molecule has 2 aromatic heterocycles. The molecule has 0 fully saturated rings. The first-order chi connectivity index (χ1) is 10.8. The third-order valence-corrected chi connectivity index (χ3v) is 3.61. The molecule has 0 saturated heterocycles. The van der Waals surface area contributed by atoms with Gasteiger partial charge in [-0.2, -0.15) is 9.61 Å². The van der Waals surface area contributed by atoms with Gasteiger partial charge < -0.3 is 5.11 Å². The normalized spacial score (nSPS) is 10.9. The van der Waals surface area contributed by atoms with Crippen LogP contribution in [0.5, 0.6) is 5.88 Å². The number of fused-ring (bicyclic) bond motifs is 1. The van der Waals surface area contributed by atoms with Crippen LogP contribution in [0.4, 0.5) is 0 Å². The van der Waals surface area contributed by atoms with Crippen molar-refractivity contribution in [1.82, 2.24) is 14.6 Å². The average molecular weight is 287 g/mol. The van der Waals surface area contributed by atoms with Crippen LogP contribution >= 0.6 is 0 Å². The minimum atomic E-state index is 0.0750. The zero-order valence-electron chi connectivity index (χ0n) is 11.7. The number of hydrogen-bond acceptors (Lipinski definition) is 3. The molecule has 0 amide bonds. The summed E-state index contributed by atoms with van der Waals surface area (Å²) in [6.45, 7) is 0. The lowest BCUT2D eigenvalue weighted by Gasteiger charge is -2.05. The van der Waals surface area contributed by atoms with E-state index in [0.717, 1.165) is 22.4 Å². The number of benzene rings is 2. The molecule has 0 radical (unpaired) electrons. The summed E-state index contributed by atoms with van der Waals surface area (Å²) < 4.78 is 1.45. The van der Waals surface area contributed by atoms with Crippen molar-refractivity contribution in [3.63, 3.8) is 0 Å². The quantitative estimate of drug-likeness (QED) is 0.610. The van der Waals surface area contributed by atoms with Gasteiger partial charge >= 0.3 is 0 Å². The highest BCUT2D eigenvalue weighted by Crippen LogP contribution is 2.28. The first kappa shape index (κ1) is 12.6. The maximum atomic E-state index is 10.2. The summed E-state index contributed by atoms with van der Waals surface area (Å²) in [5, 5.41) is 14.5. The molecule has 0 saturated carbocycles. The second kappa shape index (κ2) is 5.00. The van der Waals surface area contributed by atoms with Crippen LogP contribution < -0.4 is 0 Å². The molecule has 4 nitrogen and oxygen atoms in total. The smallest absolute Gasteiger partial charge is 0.216 e. The number of rotatable bonds is 2. The van der Waals surface area contributed by atoms with Gasteiger partial charge in [0.2, 0.25) is 5.88 Å². The number of hydrogen-bond donors (Lipinski definition) is 1. The van der Waals surface area contributed by atoms with Gasteiger partial charge in [-0.1, -0.05) is 60.7 Å². The molecule has 2 aromatic carbocycles. The lowest BCUT2D eigenvalue weighted by molar-refractivity contribution is 0.436. The van der Waals surface area contributed by atoms with Crippen LogP contribution in [0.15, 0.2) is 72.9 Å². The molecule has 1 N–H and O–H groups in total. The molecule has 2 heterocycles. The fraction of sp³-hybridized carbons (Fsp3) is 0. The fourth-order valence-corrected chi connectivity index (χ4v) is 2.53. The lowest BCUT2D eigenvalue weighted by Crippen LogP contribution is -1.94. The molecule has 106 valence electrons. The zero-order valence-corrected chi connectivity index (χ0v) is 11.7. The highest BCUT2D eigenvalue weighted by Gasteiger charge is 2.13. The van der Waals surface area contributed by atoms with Crippen LogP contribution in [0.3, 0.4) is 0 Å². The second-order valence-corrected chi connectivity index (χ2v) is 5.03. The molecule has 0 aliphatic heterocycles. The first-order valence-corrected chi connectivity index (χ1v) is 7.01. The van der Waals surface area contributed by atoms with Gasteiger partial charge in [0.25, 0.3) is 0 Å². The van der Waals surface area contributed by atoms with Gasteiger partial charge in [-0.15, -0.1) is 0 Å². The van der Waals surface area contributed by atoms with E-state index in [9.17, 15) is 5.11 Å². The van der Waals surface area contributed by atoms with E-state index in [1.807, 2.05) is 60.7 Å². The Morgan fingerprint density at radius 1 is 0.818 bits per heavy atom. The Hall–Kier alpha value is -3.14. The molecule has 0 spiro atoms. The van der Waals surface area contributed by atoms with Crippen LogP contribution in [0.25, 0.3) is 28.0 Å². The van der Waals surface area contributed by atoms with Crippen molar-refractivity contribution in [2.45, 2.75) is 0 Å². The van der Waals surface area contributed by atoms with Crippen molar-refractivity contribution >= 4 is 5.65 Å². The van der Waals surface area contributed by atoms with E-state index in [0.29, 0.717) is 5.65 Å². The Morgan fingerprint density at radius 3 is 2.14 bits per heavy atom. The van der Waals surface area contributed by atoms with E-state index >= 15 is 0 Å². The molecule has 0 aliphatic rings. The van der Waals surface area contributed by atoms with E-state index in [4.69, 9.17) is 0 Å². The average Bonchev–Trinajstić information content (AvgIpc) is 3.01. The molecule has 4 aromatic rings. The van der Waals surface area contributed by atoms with Gasteiger partial charge in [0.05, 0.1) is 11.9 Å². The predicted octanol–water partition coefficient (Wildman–Crippen LogP) is 3.77. The highest BCUT2D eigenvalue weighted by molar-refractivity contribution is 5.79. The Labute approximate surface area is 127 Å². The molecule has 4 rings (SSSR count). The highest BCUT2D eigenvalue weighted by atomic mass is 16.3. The van der Waals surface area contributed by atoms with Gasteiger partial charge in [-0.25, -0.2) is 4.98 Å². The first-order valence-electron chi connectivity index (χ1n) is 7.01. The maximum Gasteiger partial charge on any atom is 0.216 e. The Morgan fingerprint density at radius 2 is 1.45 bits per heavy atom. The number of aromatic hydroxyl groups is 1. The maximum absolute atomic E-state index is 10.2. The molecular weight excluding hydrogens is 274 g/mol. The van der Waals surface area contributed by atoms with E-state index in [-0.39, 0.29) is 5.88 Å². The summed E-state index contributed by atoms with van der Waals surface area (Å²) in [5.41, 5.74) is 4.25. The molecular formula is C18H13N3O. The van der Waals surface area contributed by atoms with Crippen molar-refractivity contribution in [3.05, 3.63) is 72.9 Å². The minimum Gasteiger partial charge on any atom is -0.493 e. The summed E-state index contributed by atoms with van der Waals surface area (Å²) in [6, 6.07) is 21.3. The van der Waals surface area contributed by atoms with Crippen LogP contribution in [-0.2, 0) is 0 Å². The second-order valence-electron chi connectivity index (χ2n) is 5.03. The molecule has 22 heavy (non-hydrogen) atoms. The van der Waals surface area contributed by atoms with Crippen molar-refractivity contribution in [2.24, 2.45) is 0 Å². The summed E-state index contributed by atoms with van der Waals surface area (Å²) >= 11 is 0. The molecule has 0 aliphatic carbocycles. The molecule has 0 unspecified atom stereocenters. The Kier molecular flexibility index (Phi) is 2.86. The molecule has 0 bridgehead atoms. The summed E-state index contributed by atoms with van der Waals surface area (Å²) in [6.07, 6.45) is 1.73. The van der Waals surface area contributed by atoms with E-state index in [1.54, 1.807) is 12.3 Å². The SMILES string of the molecule is Oc1cc(-c2ccccc2)nc2c(-c3ccccc3)cnn12. The van der Waals surface area contributed by atoms with Crippen molar-refractivity contribution in [1.29, 1.82) is 0 Å². The topological polar surface area (TPSA) is 50.4 Å². The predicted molar refractivity (Wildman–Crippen MR) is 85.5 cm³/mol. The number of aromatic nitrogens is 3. The lowest BCUT2D eigenvalue weighted by atomic mass is 10.1. The summed E-state index contributed by atoms with van der Waals surface area (Å²) in [7, 11) is 0. The summed E-state index contributed by atoms with van der Waals surface area (Å²) in [5.74, 6) is 0.0750. The fourth-order valence-electron chi connectivity index (χ4n) is 2.53. The largest absolute Gasteiger partial charge is 0.493 e. The van der Waals surface area contributed by atoms with Crippen molar-refractivity contribution < 1.29 is 5.11 Å². The van der Waals surface area contributed by atoms with E-state index < -0.39 is 0 Å². The van der Waals surface area contributed by atoms with Gasteiger partial charge in [-0.3, -0.25) is 0 Å². The third-order valence-electron chi connectivity index (χ3n) is 3.61. The van der Waals surface area contributed by atoms with Crippen LogP contribution in [-0.4, -0.2) is 19.7 Å². The standard InChI is InChI=1S/C18H13N3O/c22-17-11-16(14-9-5-2-6-10-14)20-18-15(12-19-21(17)18)13-7-3-1-4-8-13/h1-12,22H. The van der Waals surface area contributed by atoms with Gasteiger partial charge in [0, 0.05) is 17.2 Å². The third kappa shape index (κ3) is 2.02. The Bertz CT molecular complexity index is 931. The molecule has 4 heteroatoms. The van der Waals surface area contributed by atoms with Crippen LogP contribution in [0.1, 0.15) is 0 Å². The van der Waals surface area contributed by atoms with Crippen molar-refractivity contribution in [2.75, 3.05) is 0 Å². The van der Waals surface area contributed by atoms with Gasteiger partial charge in [0.15, 0.2) is 5.65 Å². The monoisotopic (exact) mass is 287 g/mol.